The normalized spacial score (nSPS) is 11.2. The fourth-order valence-electron chi connectivity index (χ4n) is 5.46. The maximum atomic E-state index is 10.4. The van der Waals surface area contributed by atoms with Gasteiger partial charge >= 0.3 is 0 Å². The number of hydrogen-bond donors (Lipinski definition) is 0. The highest BCUT2D eigenvalue weighted by Crippen LogP contribution is 2.40. The lowest BCUT2D eigenvalue weighted by Gasteiger charge is -2.10. The van der Waals surface area contributed by atoms with Gasteiger partial charge in [0.15, 0.2) is 6.20 Å². The Morgan fingerprint density at radius 1 is 0.694 bits per heavy atom. The Kier molecular flexibility index (Phi) is 5.16. The zero-order valence-electron chi connectivity index (χ0n) is 20.7. The average Bonchev–Trinajstić information content (AvgIpc) is 3.21. The monoisotopic (exact) mass is 464 g/mol. The summed E-state index contributed by atoms with van der Waals surface area (Å²) < 4.78 is 4.37. The van der Waals surface area contributed by atoms with Gasteiger partial charge < -0.3 is 4.57 Å². The van der Waals surface area contributed by atoms with Crippen LogP contribution in [0.4, 0.5) is 0 Å². The molecule has 6 aromatic rings. The van der Waals surface area contributed by atoms with E-state index in [1.54, 1.807) is 0 Å². The summed E-state index contributed by atoms with van der Waals surface area (Å²) in [6.45, 7) is 2.16. The van der Waals surface area contributed by atoms with Crippen molar-refractivity contribution < 1.29 is 4.57 Å². The van der Waals surface area contributed by atoms with Crippen molar-refractivity contribution in [3.63, 3.8) is 0 Å². The van der Waals surface area contributed by atoms with Crippen LogP contribution >= 0.6 is 0 Å². The Morgan fingerprint density at radius 2 is 1.33 bits per heavy atom. The van der Waals surface area contributed by atoms with Gasteiger partial charge in [-0.25, -0.2) is 4.57 Å². The van der Waals surface area contributed by atoms with Gasteiger partial charge in [0, 0.05) is 35.5 Å². The van der Waals surface area contributed by atoms with E-state index in [1.165, 1.54) is 27.6 Å². The average molecular weight is 465 g/mol. The van der Waals surface area contributed by atoms with Crippen LogP contribution in [-0.4, -0.2) is 4.57 Å². The molecule has 0 atom stereocenters. The molecule has 0 aliphatic rings. The number of nitrogens with zero attached hydrogens (tertiary/aromatic N) is 3. The van der Waals surface area contributed by atoms with Crippen molar-refractivity contribution in [2.45, 2.75) is 6.92 Å². The van der Waals surface area contributed by atoms with Gasteiger partial charge in [-0.15, -0.1) is 0 Å². The van der Waals surface area contributed by atoms with E-state index in [4.69, 9.17) is 0 Å². The van der Waals surface area contributed by atoms with Crippen molar-refractivity contribution in [2.24, 2.45) is 14.1 Å². The van der Waals surface area contributed by atoms with Crippen molar-refractivity contribution >= 4 is 21.8 Å². The summed E-state index contributed by atoms with van der Waals surface area (Å²) in [7, 11) is 4.16. The summed E-state index contributed by atoms with van der Waals surface area (Å²) in [5.74, 6) is 0. The number of hydrogen-bond acceptors (Lipinski definition) is 1. The van der Waals surface area contributed by atoms with Gasteiger partial charge in [-0.3, -0.25) is 0 Å². The summed E-state index contributed by atoms with van der Waals surface area (Å²) >= 11 is 0. The molecule has 3 heteroatoms. The number of benzene rings is 4. The Labute approximate surface area is 211 Å². The molecule has 172 valence electrons. The van der Waals surface area contributed by atoms with Gasteiger partial charge in [0.2, 0.25) is 5.69 Å². The fraction of sp³-hybridized carbons (Fsp3) is 0.0909. The van der Waals surface area contributed by atoms with Crippen LogP contribution in [0.3, 0.4) is 0 Å². The molecule has 2 heterocycles. The molecule has 0 aliphatic carbocycles. The molecular formula is C33H26N3+. The van der Waals surface area contributed by atoms with Crippen molar-refractivity contribution in [1.29, 1.82) is 5.26 Å². The lowest BCUT2D eigenvalue weighted by Crippen LogP contribution is -2.30. The highest BCUT2D eigenvalue weighted by atomic mass is 15.0. The van der Waals surface area contributed by atoms with Gasteiger partial charge in [-0.1, -0.05) is 78.9 Å². The second kappa shape index (κ2) is 8.52. The minimum atomic E-state index is 0.708. The second-order valence-corrected chi connectivity index (χ2v) is 9.35. The number of rotatable bonds is 3. The summed E-state index contributed by atoms with van der Waals surface area (Å²) in [4.78, 5) is 0. The largest absolute Gasteiger partial charge is 0.342 e. The molecule has 0 aliphatic heterocycles. The van der Waals surface area contributed by atoms with E-state index in [-0.39, 0.29) is 0 Å². The second-order valence-electron chi connectivity index (χ2n) is 9.35. The quantitative estimate of drug-likeness (QED) is 0.252. The van der Waals surface area contributed by atoms with Crippen molar-refractivity contribution in [1.82, 2.24) is 4.57 Å². The van der Waals surface area contributed by atoms with Crippen LogP contribution in [0.5, 0.6) is 0 Å². The third-order valence-corrected chi connectivity index (χ3v) is 7.25. The van der Waals surface area contributed by atoms with Gasteiger partial charge in [0.25, 0.3) is 0 Å². The fourth-order valence-corrected chi connectivity index (χ4v) is 5.46. The summed E-state index contributed by atoms with van der Waals surface area (Å²) in [5.41, 5.74) is 10.8. The van der Waals surface area contributed by atoms with Crippen LogP contribution in [0, 0.1) is 18.3 Å². The number of nitriles is 1. The lowest BCUT2D eigenvalue weighted by atomic mass is 9.95. The Bertz CT molecular complexity index is 1800. The van der Waals surface area contributed by atoms with Crippen molar-refractivity contribution in [3.8, 4) is 39.6 Å². The predicted octanol–water partition coefficient (Wildman–Crippen LogP) is 7.34. The molecule has 0 spiro atoms. The smallest absolute Gasteiger partial charge is 0.214 e. The van der Waals surface area contributed by atoms with Crippen LogP contribution in [0.2, 0.25) is 0 Å². The van der Waals surface area contributed by atoms with E-state index in [1.807, 2.05) is 12.1 Å². The van der Waals surface area contributed by atoms with Gasteiger partial charge in [0.05, 0.1) is 22.2 Å². The minimum Gasteiger partial charge on any atom is -0.342 e. The van der Waals surface area contributed by atoms with Crippen molar-refractivity contribution in [2.75, 3.05) is 0 Å². The van der Waals surface area contributed by atoms with Crippen LogP contribution in [0.25, 0.3) is 55.3 Å². The van der Waals surface area contributed by atoms with E-state index in [0.717, 1.165) is 33.2 Å². The maximum Gasteiger partial charge on any atom is 0.214 e. The van der Waals surface area contributed by atoms with E-state index >= 15 is 0 Å². The van der Waals surface area contributed by atoms with Crippen LogP contribution in [0.15, 0.2) is 103 Å². The van der Waals surface area contributed by atoms with Crippen LogP contribution in [-0.2, 0) is 14.1 Å². The van der Waals surface area contributed by atoms with Gasteiger partial charge in [-0.05, 0) is 35.2 Å². The summed E-state index contributed by atoms with van der Waals surface area (Å²) in [6.07, 6.45) is 2.08. The molecule has 3 nitrogen and oxygen atoms in total. The van der Waals surface area contributed by atoms with E-state index in [2.05, 4.69) is 127 Å². The molecule has 36 heavy (non-hydrogen) atoms. The molecule has 0 saturated carbocycles. The molecule has 0 unspecified atom stereocenters. The third-order valence-electron chi connectivity index (χ3n) is 7.25. The topological polar surface area (TPSA) is 32.6 Å². The van der Waals surface area contributed by atoms with Gasteiger partial charge in [-0.2, -0.15) is 5.26 Å². The first-order chi connectivity index (χ1) is 17.6. The number of fused-ring (bicyclic) bond motifs is 3. The third kappa shape index (κ3) is 3.31. The molecule has 0 saturated heterocycles. The zero-order chi connectivity index (χ0) is 24.8. The molecule has 4 aromatic carbocycles. The highest BCUT2D eigenvalue weighted by molar-refractivity contribution is 6.15. The highest BCUT2D eigenvalue weighted by Gasteiger charge is 2.22. The maximum absolute atomic E-state index is 10.4. The molecule has 6 rings (SSSR count). The number of pyridine rings is 1. The Balaban J connectivity index is 1.59. The minimum absolute atomic E-state index is 0.708. The molecule has 0 radical (unpaired) electrons. The molecule has 0 amide bonds. The van der Waals surface area contributed by atoms with Crippen molar-refractivity contribution in [3.05, 3.63) is 114 Å². The first-order valence-corrected chi connectivity index (χ1v) is 12.1. The first kappa shape index (κ1) is 21.8. The Hall–Kier alpha value is -4.68. The number of aromatic nitrogens is 2. The lowest BCUT2D eigenvalue weighted by molar-refractivity contribution is -0.660. The van der Waals surface area contributed by atoms with Crippen LogP contribution in [0.1, 0.15) is 11.1 Å². The van der Waals surface area contributed by atoms with Crippen LogP contribution < -0.4 is 4.57 Å². The molecule has 0 fully saturated rings. The zero-order valence-corrected chi connectivity index (χ0v) is 20.7. The molecule has 0 N–H and O–H groups in total. The van der Waals surface area contributed by atoms with Gasteiger partial charge in [0.1, 0.15) is 13.1 Å². The number of aryl methyl sites for hydroxylation is 3. The van der Waals surface area contributed by atoms with E-state index in [9.17, 15) is 5.26 Å². The molecular weight excluding hydrogens is 438 g/mol. The SMILES string of the molecule is Cc1ccc2c3ccc(-c4ccc(-c5ccccc5)cc4)c(C#N)c3n(C)c2c1-c1cccc[n+]1C. The molecule has 0 bridgehead atoms. The Morgan fingerprint density at radius 3 is 2.06 bits per heavy atom. The van der Waals surface area contributed by atoms with E-state index in [0.29, 0.717) is 5.56 Å². The summed E-state index contributed by atoms with van der Waals surface area (Å²) in [6, 6.07) is 36.3. The standard InChI is InChI=1S/C33H26N3/c1-22-12-17-28-27-19-18-26(25-15-13-24(14-16-25)23-9-5-4-6-10-23)29(21-34)32(27)36(3)33(28)31(22)30-11-7-8-20-35(30)2/h4-20H,1-3H3/q+1. The predicted molar refractivity (Wildman–Crippen MR) is 147 cm³/mol. The molecule has 2 aromatic heterocycles. The first-order valence-electron chi connectivity index (χ1n) is 12.1. The van der Waals surface area contributed by atoms with E-state index < -0.39 is 0 Å². The summed E-state index contributed by atoms with van der Waals surface area (Å²) in [5, 5.41) is 12.6.